The van der Waals surface area contributed by atoms with E-state index in [2.05, 4.69) is 20.4 Å². The van der Waals surface area contributed by atoms with E-state index in [0.717, 1.165) is 5.69 Å². The third-order valence-corrected chi connectivity index (χ3v) is 4.30. The molecule has 2 heterocycles. The molecule has 3 aromatic rings. The van der Waals surface area contributed by atoms with Crippen LogP contribution < -0.4 is 5.32 Å². The minimum atomic E-state index is -0.257. The van der Waals surface area contributed by atoms with Crippen LogP contribution >= 0.6 is 11.6 Å². The van der Waals surface area contributed by atoms with Crippen LogP contribution in [0.5, 0.6) is 0 Å². The van der Waals surface area contributed by atoms with Crippen LogP contribution in [0.2, 0.25) is 5.02 Å². The van der Waals surface area contributed by atoms with Gasteiger partial charge in [-0.25, -0.2) is 4.98 Å². The van der Waals surface area contributed by atoms with Crippen molar-refractivity contribution in [3.8, 4) is 0 Å². The lowest BCUT2D eigenvalue weighted by Gasteiger charge is -2.04. The molecule has 0 bridgehead atoms. The fraction of sp³-hybridized carbons (Fsp3) is 0.235. The zero-order valence-corrected chi connectivity index (χ0v) is 14.8. The van der Waals surface area contributed by atoms with Crippen LogP contribution in [0.4, 0.5) is 5.69 Å². The highest BCUT2D eigenvalue weighted by molar-refractivity contribution is 6.31. The summed E-state index contributed by atoms with van der Waals surface area (Å²) >= 11 is 6.16. The molecule has 1 amide bonds. The van der Waals surface area contributed by atoms with Crippen molar-refractivity contribution in [1.29, 1.82) is 0 Å². The average Bonchev–Trinajstić information content (AvgIpc) is 2.95. The van der Waals surface area contributed by atoms with Crippen LogP contribution in [0.25, 0.3) is 5.78 Å². The van der Waals surface area contributed by atoms with E-state index in [9.17, 15) is 9.59 Å². The average molecular weight is 358 g/mol. The number of aryl methyl sites for hydroxylation is 2. The molecule has 0 saturated carbocycles. The second-order valence-electron chi connectivity index (χ2n) is 5.69. The van der Waals surface area contributed by atoms with Gasteiger partial charge in [0.05, 0.1) is 22.8 Å². The third-order valence-electron chi connectivity index (χ3n) is 3.75. The number of hydrogen-bond acceptors (Lipinski definition) is 5. The molecule has 25 heavy (non-hydrogen) atoms. The molecule has 0 aliphatic rings. The Morgan fingerprint density at radius 2 is 1.84 bits per heavy atom. The minimum Gasteiger partial charge on any atom is -0.326 e. The number of anilines is 1. The molecule has 0 saturated heterocycles. The van der Waals surface area contributed by atoms with Crippen molar-refractivity contribution in [2.75, 3.05) is 5.32 Å². The summed E-state index contributed by atoms with van der Waals surface area (Å²) in [5, 5.41) is 7.57. The summed E-state index contributed by atoms with van der Waals surface area (Å²) in [5.74, 6) is 0.485. The van der Waals surface area contributed by atoms with E-state index < -0.39 is 0 Å². The summed E-state index contributed by atoms with van der Waals surface area (Å²) in [6.07, 6.45) is 0.00786. The van der Waals surface area contributed by atoms with E-state index >= 15 is 0 Å². The summed E-state index contributed by atoms with van der Waals surface area (Å²) in [4.78, 5) is 32.0. The molecular formula is C17H16ClN5O2. The molecule has 0 fully saturated rings. The Morgan fingerprint density at radius 3 is 2.48 bits per heavy atom. The van der Waals surface area contributed by atoms with E-state index in [4.69, 9.17) is 11.6 Å². The van der Waals surface area contributed by atoms with E-state index in [0.29, 0.717) is 33.6 Å². The summed E-state index contributed by atoms with van der Waals surface area (Å²) in [5.41, 5.74) is 2.59. The Bertz CT molecular complexity index is 979. The topological polar surface area (TPSA) is 89.2 Å². The standard InChI is InChI=1S/C17H16ClN5O2/c1-9-16(18)10(2)23-17(19-9)21-14(22-23)8-15(25)20-13-6-4-12(5-7-13)11(3)24/h4-7H,8H2,1-3H3,(H,20,25). The lowest BCUT2D eigenvalue weighted by Crippen LogP contribution is -2.15. The minimum absolute atomic E-state index is 0.00786. The Morgan fingerprint density at radius 1 is 1.16 bits per heavy atom. The molecule has 128 valence electrons. The molecule has 0 aliphatic heterocycles. The van der Waals surface area contributed by atoms with Crippen molar-refractivity contribution in [1.82, 2.24) is 19.6 Å². The summed E-state index contributed by atoms with van der Waals surface area (Å²) in [7, 11) is 0. The molecule has 0 aliphatic carbocycles. The Balaban J connectivity index is 1.75. The van der Waals surface area contributed by atoms with Gasteiger partial charge in [0.25, 0.3) is 5.78 Å². The van der Waals surface area contributed by atoms with Gasteiger partial charge in [-0.15, -0.1) is 5.10 Å². The van der Waals surface area contributed by atoms with Crippen molar-refractivity contribution in [3.63, 3.8) is 0 Å². The van der Waals surface area contributed by atoms with Gasteiger partial charge in [-0.1, -0.05) is 11.6 Å². The number of carbonyl (C=O) groups is 2. The first-order valence-electron chi connectivity index (χ1n) is 7.64. The fourth-order valence-electron chi connectivity index (χ4n) is 2.41. The van der Waals surface area contributed by atoms with Crippen molar-refractivity contribution in [2.45, 2.75) is 27.2 Å². The number of nitrogens with zero attached hydrogens (tertiary/aromatic N) is 4. The molecule has 0 radical (unpaired) electrons. The van der Waals surface area contributed by atoms with Crippen LogP contribution in [0.3, 0.4) is 0 Å². The van der Waals surface area contributed by atoms with E-state index in [1.54, 1.807) is 31.2 Å². The van der Waals surface area contributed by atoms with E-state index in [1.807, 2.05) is 6.92 Å². The monoisotopic (exact) mass is 357 g/mol. The number of aromatic nitrogens is 4. The van der Waals surface area contributed by atoms with Crippen molar-refractivity contribution in [2.24, 2.45) is 0 Å². The highest BCUT2D eigenvalue weighted by Gasteiger charge is 2.14. The number of Topliss-reactive ketones (excluding diaryl/α,β-unsaturated/α-hetero) is 1. The van der Waals surface area contributed by atoms with E-state index in [-0.39, 0.29) is 18.1 Å². The maximum atomic E-state index is 12.2. The fourth-order valence-corrected chi connectivity index (χ4v) is 2.53. The SMILES string of the molecule is CC(=O)c1ccc(NC(=O)Cc2nc3nc(C)c(Cl)c(C)n3n2)cc1. The maximum absolute atomic E-state index is 12.2. The van der Waals surface area contributed by atoms with Crippen LogP contribution in [0.15, 0.2) is 24.3 Å². The zero-order chi connectivity index (χ0) is 18.1. The van der Waals surface area contributed by atoms with Crippen LogP contribution in [0, 0.1) is 13.8 Å². The van der Waals surface area contributed by atoms with Gasteiger partial charge in [-0.2, -0.15) is 9.50 Å². The molecule has 1 aromatic carbocycles. The molecule has 1 N–H and O–H groups in total. The van der Waals surface area contributed by atoms with Crippen molar-refractivity contribution < 1.29 is 9.59 Å². The van der Waals surface area contributed by atoms with Gasteiger partial charge in [-0.05, 0) is 45.0 Å². The maximum Gasteiger partial charge on any atom is 0.252 e. The molecule has 0 atom stereocenters. The normalized spacial score (nSPS) is 10.9. The number of amides is 1. The molecule has 0 unspecified atom stereocenters. The van der Waals surface area contributed by atoms with Gasteiger partial charge in [-0.3, -0.25) is 9.59 Å². The van der Waals surface area contributed by atoms with Gasteiger partial charge in [0.2, 0.25) is 5.91 Å². The summed E-state index contributed by atoms with van der Waals surface area (Å²) in [6, 6.07) is 6.69. The van der Waals surface area contributed by atoms with Gasteiger partial charge in [0.1, 0.15) is 0 Å². The number of hydrogen-bond donors (Lipinski definition) is 1. The molecule has 2 aromatic heterocycles. The number of ketones is 1. The number of rotatable bonds is 4. The summed E-state index contributed by atoms with van der Waals surface area (Å²) < 4.78 is 1.53. The highest BCUT2D eigenvalue weighted by Crippen LogP contribution is 2.19. The number of carbonyl (C=O) groups excluding carboxylic acids is 2. The second-order valence-corrected chi connectivity index (χ2v) is 6.07. The molecule has 7 nitrogen and oxygen atoms in total. The first-order chi connectivity index (χ1) is 11.8. The van der Waals surface area contributed by atoms with Crippen LogP contribution in [-0.4, -0.2) is 31.3 Å². The smallest absolute Gasteiger partial charge is 0.252 e. The first-order valence-corrected chi connectivity index (χ1v) is 8.02. The van der Waals surface area contributed by atoms with Gasteiger partial charge in [0, 0.05) is 11.3 Å². The lowest BCUT2D eigenvalue weighted by atomic mass is 10.1. The lowest BCUT2D eigenvalue weighted by molar-refractivity contribution is -0.115. The van der Waals surface area contributed by atoms with Gasteiger partial charge >= 0.3 is 0 Å². The van der Waals surface area contributed by atoms with Gasteiger partial charge < -0.3 is 5.32 Å². The predicted octanol–water partition coefficient (Wildman–Crippen LogP) is 2.78. The molecule has 0 spiro atoms. The Hall–Kier alpha value is -2.80. The molecule has 8 heteroatoms. The quantitative estimate of drug-likeness (QED) is 0.725. The van der Waals surface area contributed by atoms with E-state index in [1.165, 1.54) is 11.4 Å². The van der Waals surface area contributed by atoms with Gasteiger partial charge in [0.15, 0.2) is 11.6 Å². The van der Waals surface area contributed by atoms with Crippen molar-refractivity contribution >= 4 is 34.8 Å². The zero-order valence-electron chi connectivity index (χ0n) is 14.0. The number of fused-ring (bicyclic) bond motifs is 1. The first kappa shape index (κ1) is 17.0. The predicted molar refractivity (Wildman–Crippen MR) is 94.0 cm³/mol. The Kier molecular flexibility index (Phi) is 4.50. The number of benzene rings is 1. The number of nitrogens with one attached hydrogen (secondary N) is 1. The van der Waals surface area contributed by atoms with Crippen molar-refractivity contribution in [3.05, 3.63) is 52.1 Å². The number of halogens is 1. The largest absolute Gasteiger partial charge is 0.326 e. The van der Waals surface area contributed by atoms with Crippen LogP contribution in [-0.2, 0) is 11.2 Å². The third kappa shape index (κ3) is 3.51. The van der Waals surface area contributed by atoms with Crippen LogP contribution in [0.1, 0.15) is 34.5 Å². The summed E-state index contributed by atoms with van der Waals surface area (Å²) in [6.45, 7) is 5.10. The Labute approximate surface area is 149 Å². The molecular weight excluding hydrogens is 342 g/mol. The highest BCUT2D eigenvalue weighted by atomic mass is 35.5. The molecule has 3 rings (SSSR count). The second kappa shape index (κ2) is 6.60.